The molecule has 0 aliphatic carbocycles. The highest BCUT2D eigenvalue weighted by Gasteiger charge is 2.35. The Balaban J connectivity index is 0.00000342. The molecular weight excluding hydrogens is 459 g/mol. The number of nitrogens with one attached hydrogen (secondary N) is 1. The highest BCUT2D eigenvalue weighted by molar-refractivity contribution is 6.03. The zero-order valence-electron chi connectivity index (χ0n) is 19.4. The molecule has 0 fully saturated rings. The minimum atomic E-state index is -4.47. The number of hydrogen-bond acceptors (Lipinski definition) is 6. The van der Waals surface area contributed by atoms with E-state index in [-0.39, 0.29) is 37.5 Å². The maximum absolute atomic E-state index is 13.2. The fraction of sp³-hybridized carbons (Fsp3) is 0.458. The van der Waals surface area contributed by atoms with Gasteiger partial charge in [0.05, 0.1) is 29.7 Å². The number of amides is 1. The van der Waals surface area contributed by atoms with Crippen LogP contribution in [0.15, 0.2) is 30.7 Å². The third kappa shape index (κ3) is 5.44. The van der Waals surface area contributed by atoms with Crippen molar-refractivity contribution in [3.05, 3.63) is 59.1 Å². The fourth-order valence-corrected chi connectivity index (χ4v) is 4.24. The van der Waals surface area contributed by atoms with Crippen LogP contribution < -0.4 is 10.2 Å². The first-order valence-corrected chi connectivity index (χ1v) is 11.0. The summed E-state index contributed by atoms with van der Waals surface area (Å²) < 4.78 is 41.1. The molecule has 3 aromatic rings. The van der Waals surface area contributed by atoms with Crippen LogP contribution in [0.1, 0.15) is 49.6 Å². The van der Waals surface area contributed by atoms with Crippen LogP contribution in [-0.2, 0) is 30.4 Å². The zero-order valence-corrected chi connectivity index (χ0v) is 19.4. The van der Waals surface area contributed by atoms with E-state index in [2.05, 4.69) is 25.4 Å². The number of fused-ring (bicyclic) bond motifs is 1. The molecule has 0 bridgehead atoms. The van der Waals surface area contributed by atoms with Crippen molar-refractivity contribution in [3.8, 4) is 0 Å². The van der Waals surface area contributed by atoms with Crippen molar-refractivity contribution in [2.24, 2.45) is 5.92 Å². The number of rotatable bonds is 6. The van der Waals surface area contributed by atoms with Crippen molar-refractivity contribution in [2.45, 2.75) is 59.8 Å². The molecule has 1 N–H and O–H groups in total. The van der Waals surface area contributed by atoms with Gasteiger partial charge in [0, 0.05) is 25.9 Å². The third-order valence-corrected chi connectivity index (χ3v) is 5.85. The number of aromatic nitrogens is 5. The molecule has 3 aromatic heterocycles. The minimum Gasteiger partial charge on any atom is -0.346 e. The van der Waals surface area contributed by atoms with Gasteiger partial charge in [0.1, 0.15) is 17.6 Å². The summed E-state index contributed by atoms with van der Waals surface area (Å²) in [4.78, 5) is 27.5. The number of carbonyl (C=O) groups excluding carboxylic acids is 1. The van der Waals surface area contributed by atoms with Crippen molar-refractivity contribution in [1.29, 1.82) is 0 Å². The molecule has 0 unspecified atom stereocenters. The third-order valence-electron chi connectivity index (χ3n) is 5.85. The molecule has 8 nitrogen and oxygen atoms in total. The van der Waals surface area contributed by atoms with E-state index in [1.807, 2.05) is 32.7 Å². The first kappa shape index (κ1) is 26.1. The number of likely N-dealkylation sites (N-methyl/N-ethyl adjacent to an activating group) is 1. The lowest BCUT2D eigenvalue weighted by atomic mass is 9.99. The maximum Gasteiger partial charge on any atom is 0.418 e. The van der Waals surface area contributed by atoms with Crippen molar-refractivity contribution in [1.82, 2.24) is 24.7 Å². The van der Waals surface area contributed by atoms with Gasteiger partial charge in [0.25, 0.3) is 0 Å². The van der Waals surface area contributed by atoms with E-state index < -0.39 is 11.7 Å². The summed E-state index contributed by atoms with van der Waals surface area (Å²) in [6, 6.07) is 1.97. The fourth-order valence-electron chi connectivity index (χ4n) is 4.24. The van der Waals surface area contributed by atoms with E-state index >= 15 is 0 Å². The van der Waals surface area contributed by atoms with Crippen LogP contribution in [0.3, 0.4) is 0 Å². The SMILES string of the molecule is C.Cc1nc(CCc2cnn(Cc3ncccc3C(F)(F)F)c2)nc2c1NC(=O)[C@H](C(C)C)N2C. The number of pyridine rings is 1. The maximum atomic E-state index is 13.2. The largest absolute Gasteiger partial charge is 0.418 e. The van der Waals surface area contributed by atoms with Crippen molar-refractivity contribution in [2.75, 3.05) is 17.3 Å². The van der Waals surface area contributed by atoms with Gasteiger partial charge < -0.3 is 10.2 Å². The van der Waals surface area contributed by atoms with Gasteiger partial charge in [0.15, 0.2) is 5.82 Å². The summed E-state index contributed by atoms with van der Waals surface area (Å²) in [7, 11) is 1.86. The van der Waals surface area contributed by atoms with Crippen LogP contribution in [0, 0.1) is 12.8 Å². The molecule has 11 heteroatoms. The number of nitrogens with zero attached hydrogens (tertiary/aromatic N) is 6. The lowest BCUT2D eigenvalue weighted by Gasteiger charge is -2.36. The van der Waals surface area contributed by atoms with E-state index in [4.69, 9.17) is 0 Å². The molecule has 0 aromatic carbocycles. The average molecular weight is 490 g/mol. The van der Waals surface area contributed by atoms with Crippen LogP contribution in [0.4, 0.5) is 24.7 Å². The predicted octanol–water partition coefficient (Wildman–Crippen LogP) is 4.28. The van der Waals surface area contributed by atoms with Crippen LogP contribution in [-0.4, -0.2) is 43.7 Å². The number of halogens is 3. The van der Waals surface area contributed by atoms with E-state index in [1.54, 1.807) is 12.4 Å². The van der Waals surface area contributed by atoms with Gasteiger partial charge in [-0.1, -0.05) is 21.3 Å². The molecule has 1 aliphatic rings. The van der Waals surface area contributed by atoms with Gasteiger partial charge >= 0.3 is 6.18 Å². The second-order valence-corrected chi connectivity index (χ2v) is 8.75. The van der Waals surface area contributed by atoms with Crippen LogP contribution in [0.25, 0.3) is 0 Å². The highest BCUT2D eigenvalue weighted by atomic mass is 19.4. The Morgan fingerprint density at radius 3 is 2.63 bits per heavy atom. The summed E-state index contributed by atoms with van der Waals surface area (Å²) in [6.45, 7) is 5.73. The van der Waals surface area contributed by atoms with E-state index in [1.165, 1.54) is 16.9 Å². The number of alkyl halides is 3. The Labute approximate surface area is 202 Å². The van der Waals surface area contributed by atoms with Gasteiger partial charge in [-0.2, -0.15) is 18.3 Å². The zero-order chi connectivity index (χ0) is 24.6. The lowest BCUT2D eigenvalue weighted by molar-refractivity contribution is -0.138. The quantitative estimate of drug-likeness (QED) is 0.556. The number of aryl methyl sites for hydroxylation is 3. The Morgan fingerprint density at radius 1 is 1.20 bits per heavy atom. The van der Waals surface area contributed by atoms with E-state index in [9.17, 15) is 18.0 Å². The summed E-state index contributed by atoms with van der Waals surface area (Å²) in [5, 5.41) is 7.12. The molecule has 35 heavy (non-hydrogen) atoms. The summed E-state index contributed by atoms with van der Waals surface area (Å²) in [6.07, 6.45) is 1.29. The first-order valence-electron chi connectivity index (χ1n) is 11.0. The molecule has 4 heterocycles. The Hall–Kier alpha value is -3.50. The minimum absolute atomic E-state index is 0. The van der Waals surface area contributed by atoms with Gasteiger partial charge in [-0.05, 0) is 37.0 Å². The molecule has 1 atom stereocenters. The highest BCUT2D eigenvalue weighted by Crippen LogP contribution is 2.33. The van der Waals surface area contributed by atoms with Crippen LogP contribution in [0.2, 0.25) is 0 Å². The molecule has 0 saturated heterocycles. The normalized spacial score (nSPS) is 15.6. The Bertz CT molecular complexity index is 1210. The standard InChI is InChI=1S/C23H26F3N7O.CH4/c1-13(2)20-22(34)31-19-14(3)29-18(30-21(19)32(20)4)8-7-15-10-28-33(11-15)12-17-16(23(24,25)26)6-5-9-27-17;/h5-6,9-11,13,20H,7-8,12H2,1-4H3,(H,31,34);1H4/t20-;/m0./s1. The number of carbonyl (C=O) groups is 1. The Morgan fingerprint density at radius 2 is 1.94 bits per heavy atom. The molecular formula is C24H30F3N7O. The molecule has 1 amide bonds. The number of anilines is 2. The summed E-state index contributed by atoms with van der Waals surface area (Å²) >= 11 is 0. The van der Waals surface area contributed by atoms with E-state index in [0.29, 0.717) is 35.9 Å². The van der Waals surface area contributed by atoms with Crippen molar-refractivity contribution < 1.29 is 18.0 Å². The second-order valence-electron chi connectivity index (χ2n) is 8.75. The van der Waals surface area contributed by atoms with Gasteiger partial charge in [0.2, 0.25) is 5.91 Å². The Kier molecular flexibility index (Phi) is 7.47. The lowest BCUT2D eigenvalue weighted by Crippen LogP contribution is -2.49. The van der Waals surface area contributed by atoms with E-state index in [0.717, 1.165) is 11.6 Å². The van der Waals surface area contributed by atoms with Crippen molar-refractivity contribution in [3.63, 3.8) is 0 Å². The van der Waals surface area contributed by atoms with Crippen molar-refractivity contribution >= 4 is 17.4 Å². The molecule has 0 saturated carbocycles. The summed E-state index contributed by atoms with van der Waals surface area (Å²) in [5.74, 6) is 1.35. The smallest absolute Gasteiger partial charge is 0.346 e. The van der Waals surface area contributed by atoms with Gasteiger partial charge in [-0.3, -0.25) is 14.5 Å². The monoisotopic (exact) mass is 489 g/mol. The molecule has 0 radical (unpaired) electrons. The van der Waals surface area contributed by atoms with Gasteiger partial charge in [-0.15, -0.1) is 0 Å². The molecule has 0 spiro atoms. The molecule has 188 valence electrons. The second kappa shape index (κ2) is 10.0. The average Bonchev–Trinajstić information content (AvgIpc) is 3.20. The van der Waals surface area contributed by atoms with Crippen LogP contribution in [0.5, 0.6) is 0 Å². The van der Waals surface area contributed by atoms with Gasteiger partial charge in [-0.25, -0.2) is 9.97 Å². The topological polar surface area (TPSA) is 88.8 Å². The van der Waals surface area contributed by atoms with Crippen LogP contribution >= 0.6 is 0 Å². The number of hydrogen-bond donors (Lipinski definition) is 1. The predicted molar refractivity (Wildman–Crippen MR) is 127 cm³/mol. The molecule has 4 rings (SSSR count). The first-order chi connectivity index (χ1) is 16.0. The summed E-state index contributed by atoms with van der Waals surface area (Å²) in [5.41, 5.74) is 1.32. The molecule has 1 aliphatic heterocycles.